The van der Waals surface area contributed by atoms with Crippen molar-refractivity contribution in [3.05, 3.63) is 50.1 Å². The Bertz CT molecular complexity index is 736. The van der Waals surface area contributed by atoms with E-state index >= 15 is 0 Å². The number of carbonyl (C=O) groups excluding carboxylic acids is 1. The second kappa shape index (κ2) is 6.29. The van der Waals surface area contributed by atoms with Crippen LogP contribution in [0.3, 0.4) is 0 Å². The summed E-state index contributed by atoms with van der Waals surface area (Å²) in [5, 5.41) is 0. The zero-order valence-electron chi connectivity index (χ0n) is 12.8. The largest absolute Gasteiger partial charge is 0.488 e. The standard InChI is InChI=1S/C18H18BrNO2S/c19-17-8-6-15(23-17)11-22-14-5-7-16-12(9-14)10-20(18(16)21)13-3-1-2-4-13/h5-9,13H,1-4,10-11H2. The van der Waals surface area contributed by atoms with Crippen molar-refractivity contribution < 1.29 is 9.53 Å². The summed E-state index contributed by atoms with van der Waals surface area (Å²) >= 11 is 5.14. The summed E-state index contributed by atoms with van der Waals surface area (Å²) < 4.78 is 7.00. The maximum Gasteiger partial charge on any atom is 0.254 e. The van der Waals surface area contributed by atoms with E-state index in [1.165, 1.54) is 17.7 Å². The first-order chi connectivity index (χ1) is 11.2. The number of hydrogen-bond donors (Lipinski definition) is 0. The van der Waals surface area contributed by atoms with Gasteiger partial charge >= 0.3 is 0 Å². The van der Waals surface area contributed by atoms with Crippen molar-refractivity contribution >= 4 is 33.2 Å². The summed E-state index contributed by atoms with van der Waals surface area (Å²) in [5.41, 5.74) is 1.95. The summed E-state index contributed by atoms with van der Waals surface area (Å²) in [6.07, 6.45) is 4.79. The molecule has 120 valence electrons. The second-order valence-corrected chi connectivity index (χ2v) is 8.73. The Hall–Kier alpha value is -1.33. The molecule has 1 aromatic carbocycles. The third-order valence-electron chi connectivity index (χ3n) is 4.68. The molecule has 23 heavy (non-hydrogen) atoms. The fourth-order valence-electron chi connectivity index (χ4n) is 3.50. The van der Waals surface area contributed by atoms with Gasteiger partial charge in [-0.25, -0.2) is 0 Å². The van der Waals surface area contributed by atoms with E-state index in [9.17, 15) is 4.79 Å². The van der Waals surface area contributed by atoms with Gasteiger partial charge in [0.25, 0.3) is 5.91 Å². The quantitative estimate of drug-likeness (QED) is 0.734. The molecule has 1 saturated carbocycles. The van der Waals surface area contributed by atoms with Crippen LogP contribution >= 0.6 is 27.3 Å². The van der Waals surface area contributed by atoms with Crippen molar-refractivity contribution in [2.24, 2.45) is 0 Å². The van der Waals surface area contributed by atoms with E-state index in [1.54, 1.807) is 11.3 Å². The first-order valence-electron chi connectivity index (χ1n) is 8.01. The highest BCUT2D eigenvalue weighted by atomic mass is 79.9. The Morgan fingerprint density at radius 3 is 2.78 bits per heavy atom. The first-order valence-corrected chi connectivity index (χ1v) is 9.62. The molecule has 0 radical (unpaired) electrons. The normalized spacial score (nSPS) is 17.8. The molecule has 2 aromatic rings. The molecule has 1 amide bonds. The van der Waals surface area contributed by atoms with Crippen molar-refractivity contribution in [2.45, 2.75) is 44.9 Å². The molecule has 2 aliphatic rings. The lowest BCUT2D eigenvalue weighted by Gasteiger charge is -2.23. The number of rotatable bonds is 4. The number of nitrogens with zero attached hydrogens (tertiary/aromatic N) is 1. The smallest absolute Gasteiger partial charge is 0.254 e. The molecular formula is C18H18BrNO2S. The lowest BCUT2D eigenvalue weighted by atomic mass is 10.1. The van der Waals surface area contributed by atoms with Gasteiger partial charge in [-0.2, -0.15) is 0 Å². The number of hydrogen-bond acceptors (Lipinski definition) is 3. The van der Waals surface area contributed by atoms with Gasteiger partial charge in [0.2, 0.25) is 0 Å². The molecule has 4 rings (SSSR count). The van der Waals surface area contributed by atoms with E-state index < -0.39 is 0 Å². The molecular weight excluding hydrogens is 374 g/mol. The molecule has 3 nitrogen and oxygen atoms in total. The molecule has 0 atom stereocenters. The monoisotopic (exact) mass is 391 g/mol. The minimum atomic E-state index is 0.195. The molecule has 1 aliphatic carbocycles. The minimum Gasteiger partial charge on any atom is -0.488 e. The van der Waals surface area contributed by atoms with E-state index in [0.717, 1.165) is 40.0 Å². The van der Waals surface area contributed by atoms with Gasteiger partial charge in [0.15, 0.2) is 0 Å². The Balaban J connectivity index is 1.47. The first kappa shape index (κ1) is 15.2. The SMILES string of the molecule is O=C1c2ccc(OCc3ccc(Br)s3)cc2CN1C1CCCC1. The number of fused-ring (bicyclic) bond motifs is 1. The molecule has 0 saturated heterocycles. The van der Waals surface area contributed by atoms with Crippen molar-refractivity contribution in [3.8, 4) is 5.75 Å². The highest BCUT2D eigenvalue weighted by molar-refractivity contribution is 9.11. The fraction of sp³-hybridized carbons (Fsp3) is 0.389. The van der Waals surface area contributed by atoms with E-state index in [4.69, 9.17) is 4.74 Å². The summed E-state index contributed by atoms with van der Waals surface area (Å²) in [7, 11) is 0. The number of amides is 1. The van der Waals surface area contributed by atoms with Gasteiger partial charge in [-0.15, -0.1) is 11.3 Å². The average molecular weight is 392 g/mol. The van der Waals surface area contributed by atoms with Gasteiger partial charge in [-0.3, -0.25) is 4.79 Å². The summed E-state index contributed by atoms with van der Waals surface area (Å²) in [6.45, 7) is 1.30. The Labute approximate surface area is 148 Å². The number of halogens is 1. The average Bonchev–Trinajstić information content (AvgIpc) is 3.26. The van der Waals surface area contributed by atoms with E-state index in [2.05, 4.69) is 26.9 Å². The van der Waals surface area contributed by atoms with Crippen molar-refractivity contribution in [2.75, 3.05) is 0 Å². The Morgan fingerprint density at radius 1 is 1.22 bits per heavy atom. The van der Waals surface area contributed by atoms with Crippen molar-refractivity contribution in [1.82, 2.24) is 4.90 Å². The van der Waals surface area contributed by atoms with Crippen LogP contribution in [0.25, 0.3) is 0 Å². The van der Waals surface area contributed by atoms with Crippen LogP contribution in [0.15, 0.2) is 34.1 Å². The van der Waals surface area contributed by atoms with Crippen LogP contribution in [0.1, 0.15) is 46.5 Å². The Morgan fingerprint density at radius 2 is 2.04 bits per heavy atom. The van der Waals surface area contributed by atoms with Crippen LogP contribution < -0.4 is 4.74 Å². The maximum atomic E-state index is 12.6. The van der Waals surface area contributed by atoms with Crippen LogP contribution in [0.5, 0.6) is 5.75 Å². The number of benzene rings is 1. The molecule has 1 aliphatic heterocycles. The van der Waals surface area contributed by atoms with Gasteiger partial charge in [-0.1, -0.05) is 12.8 Å². The molecule has 5 heteroatoms. The fourth-order valence-corrected chi connectivity index (χ4v) is 4.90. The van der Waals surface area contributed by atoms with E-state index in [0.29, 0.717) is 12.6 Å². The molecule has 1 aromatic heterocycles. The van der Waals surface area contributed by atoms with Crippen molar-refractivity contribution in [1.29, 1.82) is 0 Å². The Kier molecular flexibility index (Phi) is 4.16. The predicted molar refractivity (Wildman–Crippen MR) is 94.9 cm³/mol. The molecule has 0 bridgehead atoms. The van der Waals surface area contributed by atoms with Gasteiger partial charge in [0, 0.05) is 23.0 Å². The maximum absolute atomic E-state index is 12.6. The zero-order valence-corrected chi connectivity index (χ0v) is 15.2. The number of ether oxygens (including phenoxy) is 1. The van der Waals surface area contributed by atoms with Crippen LogP contribution in [0.2, 0.25) is 0 Å². The molecule has 2 heterocycles. The van der Waals surface area contributed by atoms with Crippen LogP contribution in [0, 0.1) is 0 Å². The second-order valence-electron chi connectivity index (χ2n) is 6.18. The molecule has 0 N–H and O–H groups in total. The van der Waals surface area contributed by atoms with E-state index in [1.807, 2.05) is 24.3 Å². The number of thiophene rings is 1. The highest BCUT2D eigenvalue weighted by Gasteiger charge is 2.34. The summed E-state index contributed by atoms with van der Waals surface area (Å²) in [4.78, 5) is 15.8. The number of carbonyl (C=O) groups is 1. The molecule has 0 spiro atoms. The summed E-state index contributed by atoms with van der Waals surface area (Å²) in [6, 6.07) is 10.4. The third kappa shape index (κ3) is 3.04. The summed E-state index contributed by atoms with van der Waals surface area (Å²) in [5.74, 6) is 1.04. The van der Waals surface area contributed by atoms with Gasteiger partial charge in [0.1, 0.15) is 12.4 Å². The van der Waals surface area contributed by atoms with Crippen LogP contribution in [-0.4, -0.2) is 16.8 Å². The van der Waals surface area contributed by atoms with Gasteiger partial charge in [0.05, 0.1) is 3.79 Å². The van der Waals surface area contributed by atoms with Crippen LogP contribution in [-0.2, 0) is 13.2 Å². The molecule has 1 fully saturated rings. The predicted octanol–water partition coefficient (Wildman–Crippen LogP) is 4.99. The van der Waals surface area contributed by atoms with Crippen LogP contribution in [0.4, 0.5) is 0 Å². The zero-order chi connectivity index (χ0) is 15.8. The third-order valence-corrected chi connectivity index (χ3v) is 6.28. The van der Waals surface area contributed by atoms with Gasteiger partial charge < -0.3 is 9.64 Å². The lowest BCUT2D eigenvalue weighted by molar-refractivity contribution is 0.0707. The minimum absolute atomic E-state index is 0.195. The lowest BCUT2D eigenvalue weighted by Crippen LogP contribution is -2.33. The van der Waals surface area contributed by atoms with Gasteiger partial charge in [-0.05, 0) is 64.7 Å². The topological polar surface area (TPSA) is 29.5 Å². The molecule has 0 unspecified atom stereocenters. The van der Waals surface area contributed by atoms with E-state index in [-0.39, 0.29) is 5.91 Å². The highest BCUT2D eigenvalue weighted by Crippen LogP contribution is 2.33. The van der Waals surface area contributed by atoms with Crippen molar-refractivity contribution in [3.63, 3.8) is 0 Å².